The first-order valence-corrected chi connectivity index (χ1v) is 17.2. The third kappa shape index (κ3) is 9.05. The maximum atomic E-state index is 13.3. The molecule has 0 bridgehead atoms. The number of benzene rings is 3. The molecule has 1 saturated heterocycles. The molecule has 1 unspecified atom stereocenters. The quantitative estimate of drug-likeness (QED) is 0.129. The number of carbonyl (C=O) groups is 1. The van der Waals surface area contributed by atoms with Crippen molar-refractivity contribution in [2.24, 2.45) is 0 Å². The summed E-state index contributed by atoms with van der Waals surface area (Å²) in [7, 11) is 1.90. The molecule has 0 radical (unpaired) electrons. The molecule has 0 saturated carbocycles. The summed E-state index contributed by atoms with van der Waals surface area (Å²) >= 11 is 0. The average Bonchev–Trinajstić information content (AvgIpc) is 3.45. The van der Waals surface area contributed by atoms with Crippen molar-refractivity contribution in [1.29, 1.82) is 0 Å². The fraction of sp³-hybridized carbons (Fsp3) is 0.474. The highest BCUT2D eigenvalue weighted by Gasteiger charge is 2.25. The summed E-state index contributed by atoms with van der Waals surface area (Å²) in [6, 6.07) is 24.4. The third-order valence-corrected chi connectivity index (χ3v) is 8.93. The van der Waals surface area contributed by atoms with Gasteiger partial charge in [-0.25, -0.2) is 4.98 Å². The molecule has 1 atom stereocenters. The molecule has 1 aliphatic rings. The summed E-state index contributed by atoms with van der Waals surface area (Å²) in [5.74, 6) is 2.62. The highest BCUT2D eigenvalue weighted by Crippen LogP contribution is 2.33. The van der Waals surface area contributed by atoms with Gasteiger partial charge in [0.05, 0.1) is 30.9 Å². The van der Waals surface area contributed by atoms with Crippen molar-refractivity contribution in [3.05, 3.63) is 83.9 Å². The summed E-state index contributed by atoms with van der Waals surface area (Å²) in [5, 5.41) is 3.76. The van der Waals surface area contributed by atoms with Crippen molar-refractivity contribution in [3.8, 4) is 11.5 Å². The predicted molar refractivity (Wildman–Crippen MR) is 189 cm³/mol. The SMILES string of the molecule is CCOCCn1c(NC2CCN(CCC(CN(C)C(=O)c3ccccc3)c3ccc(OCC)c(OCC)c3)CC2)nc2ccccc21. The van der Waals surface area contributed by atoms with Crippen LogP contribution in [0.4, 0.5) is 5.95 Å². The minimum atomic E-state index is 0.0331. The molecule has 9 heteroatoms. The van der Waals surface area contributed by atoms with Crippen LogP contribution in [0.5, 0.6) is 11.5 Å². The van der Waals surface area contributed by atoms with Gasteiger partial charge in [-0.2, -0.15) is 0 Å². The molecule has 5 rings (SSSR count). The van der Waals surface area contributed by atoms with E-state index in [9.17, 15) is 4.79 Å². The van der Waals surface area contributed by atoms with E-state index >= 15 is 0 Å². The Kier molecular flexibility index (Phi) is 12.5. The van der Waals surface area contributed by atoms with Crippen LogP contribution in [0.25, 0.3) is 11.0 Å². The van der Waals surface area contributed by atoms with E-state index in [1.807, 2.05) is 75.2 Å². The maximum Gasteiger partial charge on any atom is 0.253 e. The van der Waals surface area contributed by atoms with Gasteiger partial charge in [-0.05, 0) is 88.5 Å². The third-order valence-electron chi connectivity index (χ3n) is 8.93. The van der Waals surface area contributed by atoms with Gasteiger partial charge in [0.1, 0.15) is 0 Å². The fourth-order valence-electron chi connectivity index (χ4n) is 6.43. The second kappa shape index (κ2) is 17.2. The highest BCUT2D eigenvalue weighted by molar-refractivity contribution is 5.94. The van der Waals surface area contributed by atoms with Crippen molar-refractivity contribution in [2.45, 2.75) is 58.5 Å². The Labute approximate surface area is 279 Å². The Balaban J connectivity index is 1.24. The van der Waals surface area contributed by atoms with Gasteiger partial charge in [0.25, 0.3) is 5.91 Å². The topological polar surface area (TPSA) is 81.1 Å². The number of amides is 1. The first kappa shape index (κ1) is 34.3. The first-order valence-electron chi connectivity index (χ1n) is 17.2. The number of likely N-dealkylation sites (tertiary alicyclic amines) is 1. The van der Waals surface area contributed by atoms with Gasteiger partial charge in [0, 0.05) is 57.4 Å². The maximum absolute atomic E-state index is 13.3. The summed E-state index contributed by atoms with van der Waals surface area (Å²) in [6.07, 6.45) is 3.02. The standard InChI is InChI=1S/C38H51N5O4/c1-5-45-26-25-43-34-16-12-11-15-33(34)40-38(43)39-32-20-23-42(24-21-32)22-19-31(28-41(4)37(44)29-13-9-8-10-14-29)30-17-18-35(46-6-2)36(27-30)47-7-3/h8-18,27,31-32H,5-7,19-26,28H2,1-4H3,(H,39,40). The Bertz CT molecular complexity index is 1550. The molecule has 252 valence electrons. The molecule has 2 heterocycles. The minimum absolute atomic E-state index is 0.0331. The van der Waals surface area contributed by atoms with Gasteiger partial charge in [0.2, 0.25) is 5.95 Å². The van der Waals surface area contributed by atoms with Crippen LogP contribution in [0, 0.1) is 0 Å². The van der Waals surface area contributed by atoms with E-state index in [0.717, 1.165) is 79.5 Å². The summed E-state index contributed by atoms with van der Waals surface area (Å²) in [5.41, 5.74) is 4.01. The number of nitrogens with zero attached hydrogens (tertiary/aromatic N) is 4. The van der Waals surface area contributed by atoms with E-state index in [1.54, 1.807) is 0 Å². The lowest BCUT2D eigenvalue weighted by atomic mass is 9.93. The number of piperidine rings is 1. The molecule has 1 aliphatic heterocycles. The summed E-state index contributed by atoms with van der Waals surface area (Å²) in [4.78, 5) is 22.7. The number of hydrogen-bond acceptors (Lipinski definition) is 7. The van der Waals surface area contributed by atoms with Crippen LogP contribution in [0.15, 0.2) is 72.8 Å². The molecule has 1 N–H and O–H groups in total. The highest BCUT2D eigenvalue weighted by atomic mass is 16.5. The second-order valence-corrected chi connectivity index (χ2v) is 12.1. The molecule has 1 amide bonds. The van der Waals surface area contributed by atoms with E-state index < -0.39 is 0 Å². The number of anilines is 1. The van der Waals surface area contributed by atoms with Crippen LogP contribution < -0.4 is 14.8 Å². The minimum Gasteiger partial charge on any atom is -0.490 e. The lowest BCUT2D eigenvalue weighted by Gasteiger charge is -2.34. The zero-order valence-corrected chi connectivity index (χ0v) is 28.5. The number of para-hydroxylation sites is 2. The molecule has 4 aromatic rings. The zero-order valence-electron chi connectivity index (χ0n) is 28.5. The van der Waals surface area contributed by atoms with Crippen LogP contribution in [0.3, 0.4) is 0 Å². The lowest BCUT2D eigenvalue weighted by Crippen LogP contribution is -2.40. The van der Waals surface area contributed by atoms with Crippen molar-refractivity contribution >= 4 is 22.9 Å². The molecule has 0 aliphatic carbocycles. The van der Waals surface area contributed by atoms with Gasteiger partial charge >= 0.3 is 0 Å². The van der Waals surface area contributed by atoms with Gasteiger partial charge in [0.15, 0.2) is 11.5 Å². The van der Waals surface area contributed by atoms with Crippen LogP contribution in [-0.2, 0) is 11.3 Å². The first-order chi connectivity index (χ1) is 23.0. The number of rotatable bonds is 17. The monoisotopic (exact) mass is 641 g/mol. The normalized spacial score (nSPS) is 14.6. The smallest absolute Gasteiger partial charge is 0.253 e. The predicted octanol–water partition coefficient (Wildman–Crippen LogP) is 6.69. The number of fused-ring (bicyclic) bond motifs is 1. The van der Waals surface area contributed by atoms with Crippen LogP contribution in [0.2, 0.25) is 0 Å². The van der Waals surface area contributed by atoms with Crippen LogP contribution in [-0.4, -0.2) is 91.0 Å². The molecule has 1 aromatic heterocycles. The Morgan fingerprint density at radius 1 is 0.915 bits per heavy atom. The molecule has 9 nitrogen and oxygen atoms in total. The van der Waals surface area contributed by atoms with Crippen molar-refractivity contribution in [3.63, 3.8) is 0 Å². The second-order valence-electron chi connectivity index (χ2n) is 12.1. The van der Waals surface area contributed by atoms with Crippen LogP contribution in [0.1, 0.15) is 61.9 Å². The van der Waals surface area contributed by atoms with Gasteiger partial charge in [-0.1, -0.05) is 36.4 Å². The molecule has 0 spiro atoms. The number of carbonyl (C=O) groups excluding carboxylic acids is 1. The van der Waals surface area contributed by atoms with E-state index in [0.29, 0.717) is 44.6 Å². The average molecular weight is 642 g/mol. The number of imidazole rings is 1. The number of hydrogen-bond donors (Lipinski definition) is 1. The molecular weight excluding hydrogens is 590 g/mol. The van der Waals surface area contributed by atoms with E-state index in [-0.39, 0.29) is 11.8 Å². The number of aromatic nitrogens is 2. The van der Waals surface area contributed by atoms with Crippen molar-refractivity contribution in [1.82, 2.24) is 19.4 Å². The number of nitrogens with one attached hydrogen (secondary N) is 1. The van der Waals surface area contributed by atoms with Crippen molar-refractivity contribution in [2.75, 3.05) is 65.0 Å². The largest absolute Gasteiger partial charge is 0.490 e. The Morgan fingerprint density at radius 2 is 1.64 bits per heavy atom. The number of likely N-dealkylation sites (N-methyl/N-ethyl adjacent to an activating group) is 1. The molecular formula is C38H51N5O4. The van der Waals surface area contributed by atoms with Gasteiger partial charge in [-0.15, -0.1) is 0 Å². The summed E-state index contributed by atoms with van der Waals surface area (Å²) in [6.45, 7) is 12.9. The van der Waals surface area contributed by atoms with E-state index in [1.165, 1.54) is 0 Å². The van der Waals surface area contributed by atoms with E-state index in [2.05, 4.69) is 45.1 Å². The number of ether oxygens (including phenoxy) is 3. The van der Waals surface area contributed by atoms with Gasteiger partial charge in [-0.3, -0.25) is 4.79 Å². The van der Waals surface area contributed by atoms with Crippen molar-refractivity contribution < 1.29 is 19.0 Å². The molecule has 1 fully saturated rings. The Morgan fingerprint density at radius 3 is 2.38 bits per heavy atom. The molecule has 3 aromatic carbocycles. The lowest BCUT2D eigenvalue weighted by molar-refractivity contribution is 0.0781. The summed E-state index contributed by atoms with van der Waals surface area (Å²) < 4.78 is 19.7. The zero-order chi connectivity index (χ0) is 33.0. The fourth-order valence-corrected chi connectivity index (χ4v) is 6.43. The van der Waals surface area contributed by atoms with Crippen LogP contribution >= 0.6 is 0 Å². The Hall–Kier alpha value is -4.08. The van der Waals surface area contributed by atoms with Gasteiger partial charge < -0.3 is 33.9 Å². The molecule has 47 heavy (non-hydrogen) atoms. The van der Waals surface area contributed by atoms with E-state index in [4.69, 9.17) is 19.2 Å².